The van der Waals surface area contributed by atoms with Gasteiger partial charge in [-0.3, -0.25) is 4.79 Å². The van der Waals surface area contributed by atoms with Gasteiger partial charge in [0.1, 0.15) is 6.10 Å². The molecule has 0 radical (unpaired) electrons. The summed E-state index contributed by atoms with van der Waals surface area (Å²) in [7, 11) is 0. The van der Waals surface area contributed by atoms with Crippen LogP contribution in [0.25, 0.3) is 0 Å². The van der Waals surface area contributed by atoms with Crippen molar-refractivity contribution in [1.82, 2.24) is 0 Å². The number of carbonyl (C=O) groups excluding carboxylic acids is 1. The van der Waals surface area contributed by atoms with Crippen molar-refractivity contribution in [2.45, 2.75) is 18.9 Å². The van der Waals surface area contributed by atoms with Crippen molar-refractivity contribution in [3.63, 3.8) is 0 Å². The van der Waals surface area contributed by atoms with E-state index in [9.17, 15) is 9.90 Å². The molecule has 2 aromatic carbocycles. The second-order valence-corrected chi connectivity index (χ2v) is 5.30. The van der Waals surface area contributed by atoms with Crippen LogP contribution >= 0.6 is 11.6 Å². The quantitative estimate of drug-likeness (QED) is 0.890. The van der Waals surface area contributed by atoms with Gasteiger partial charge in [0.15, 0.2) is 0 Å². The predicted octanol–water partition coefficient (Wildman–Crippen LogP) is 3.31. The molecule has 4 heteroatoms. The Labute approximate surface area is 122 Å². The SMILES string of the molecule is O=C1CCc2cc(C(O)c3ccccc3Cl)ccc2N1. The molecule has 3 rings (SSSR count). The second kappa shape index (κ2) is 5.27. The fourth-order valence-electron chi connectivity index (χ4n) is 2.45. The van der Waals surface area contributed by atoms with E-state index in [4.69, 9.17) is 11.6 Å². The van der Waals surface area contributed by atoms with E-state index < -0.39 is 6.10 Å². The van der Waals surface area contributed by atoms with Crippen LogP contribution in [-0.2, 0) is 11.2 Å². The van der Waals surface area contributed by atoms with Crippen LogP contribution in [0.3, 0.4) is 0 Å². The number of hydrogen-bond acceptors (Lipinski definition) is 2. The van der Waals surface area contributed by atoms with Crippen molar-refractivity contribution in [3.05, 3.63) is 64.2 Å². The van der Waals surface area contributed by atoms with Crippen LogP contribution in [0, 0.1) is 0 Å². The molecule has 102 valence electrons. The van der Waals surface area contributed by atoms with Crippen LogP contribution in [-0.4, -0.2) is 11.0 Å². The first-order valence-corrected chi connectivity index (χ1v) is 6.88. The van der Waals surface area contributed by atoms with E-state index in [0.29, 0.717) is 23.4 Å². The third kappa shape index (κ3) is 2.42. The Morgan fingerprint density at radius 2 is 1.95 bits per heavy atom. The van der Waals surface area contributed by atoms with Crippen molar-refractivity contribution in [3.8, 4) is 0 Å². The van der Waals surface area contributed by atoms with Gasteiger partial charge in [-0.05, 0) is 29.7 Å². The zero-order valence-corrected chi connectivity index (χ0v) is 11.5. The number of fused-ring (bicyclic) bond motifs is 1. The van der Waals surface area contributed by atoms with Gasteiger partial charge in [0.25, 0.3) is 0 Å². The molecule has 1 aliphatic rings. The normalized spacial score (nSPS) is 15.4. The Morgan fingerprint density at radius 3 is 2.75 bits per heavy atom. The summed E-state index contributed by atoms with van der Waals surface area (Å²) in [5, 5.41) is 13.8. The van der Waals surface area contributed by atoms with E-state index >= 15 is 0 Å². The molecule has 0 spiro atoms. The molecule has 1 atom stereocenters. The van der Waals surface area contributed by atoms with Crippen molar-refractivity contribution in [2.24, 2.45) is 0 Å². The van der Waals surface area contributed by atoms with Gasteiger partial charge in [-0.2, -0.15) is 0 Å². The molecular formula is C16H14ClNO2. The summed E-state index contributed by atoms with van der Waals surface area (Å²) in [5.41, 5.74) is 3.35. The molecule has 0 saturated heterocycles. The maximum absolute atomic E-state index is 11.3. The molecular weight excluding hydrogens is 274 g/mol. The van der Waals surface area contributed by atoms with E-state index in [1.807, 2.05) is 36.4 Å². The van der Waals surface area contributed by atoms with E-state index in [-0.39, 0.29) is 5.91 Å². The third-order valence-electron chi connectivity index (χ3n) is 3.54. The van der Waals surface area contributed by atoms with Gasteiger partial charge in [0, 0.05) is 22.7 Å². The van der Waals surface area contributed by atoms with Gasteiger partial charge in [0.2, 0.25) is 5.91 Å². The highest BCUT2D eigenvalue weighted by molar-refractivity contribution is 6.31. The van der Waals surface area contributed by atoms with Crippen LogP contribution in [0.5, 0.6) is 0 Å². The van der Waals surface area contributed by atoms with Gasteiger partial charge < -0.3 is 10.4 Å². The lowest BCUT2D eigenvalue weighted by Gasteiger charge is -2.20. The number of aryl methyl sites for hydroxylation is 1. The Balaban J connectivity index is 1.95. The standard InChI is InChI=1S/C16H14ClNO2/c17-13-4-2-1-3-12(13)16(20)11-5-7-14-10(9-11)6-8-15(19)18-14/h1-5,7,9,16,20H,6,8H2,(H,18,19). The number of nitrogens with one attached hydrogen (secondary N) is 1. The predicted molar refractivity (Wildman–Crippen MR) is 78.9 cm³/mol. The molecule has 0 fully saturated rings. The number of anilines is 1. The van der Waals surface area contributed by atoms with Gasteiger partial charge in [-0.1, -0.05) is 41.9 Å². The number of benzene rings is 2. The molecule has 2 N–H and O–H groups in total. The zero-order chi connectivity index (χ0) is 14.1. The first kappa shape index (κ1) is 13.2. The number of aliphatic hydroxyl groups is 1. The number of amides is 1. The molecule has 0 aliphatic carbocycles. The van der Waals surface area contributed by atoms with Crippen LogP contribution in [0.4, 0.5) is 5.69 Å². The molecule has 1 unspecified atom stereocenters. The minimum atomic E-state index is -0.758. The van der Waals surface area contributed by atoms with Gasteiger partial charge in [-0.25, -0.2) is 0 Å². The average Bonchev–Trinajstić information content (AvgIpc) is 2.46. The van der Waals surface area contributed by atoms with Crippen LogP contribution in [0.15, 0.2) is 42.5 Å². The Kier molecular flexibility index (Phi) is 3.47. The number of rotatable bonds is 2. The molecule has 0 bridgehead atoms. The highest BCUT2D eigenvalue weighted by atomic mass is 35.5. The molecule has 20 heavy (non-hydrogen) atoms. The second-order valence-electron chi connectivity index (χ2n) is 4.89. The Hall–Kier alpha value is -1.84. The van der Waals surface area contributed by atoms with E-state index in [1.165, 1.54) is 0 Å². The fourth-order valence-corrected chi connectivity index (χ4v) is 2.69. The maximum Gasteiger partial charge on any atom is 0.224 e. The topological polar surface area (TPSA) is 49.3 Å². The molecule has 3 nitrogen and oxygen atoms in total. The van der Waals surface area contributed by atoms with Crippen molar-refractivity contribution in [1.29, 1.82) is 0 Å². The average molecular weight is 288 g/mol. The summed E-state index contributed by atoms with van der Waals surface area (Å²) < 4.78 is 0. The minimum Gasteiger partial charge on any atom is -0.384 e. The van der Waals surface area contributed by atoms with Crippen LogP contribution in [0.1, 0.15) is 29.2 Å². The van der Waals surface area contributed by atoms with Crippen molar-refractivity contribution < 1.29 is 9.90 Å². The number of aliphatic hydroxyl groups excluding tert-OH is 1. The number of halogens is 1. The summed E-state index contributed by atoms with van der Waals surface area (Å²) in [5.74, 6) is 0.0388. The zero-order valence-electron chi connectivity index (χ0n) is 10.8. The highest BCUT2D eigenvalue weighted by Gasteiger charge is 2.18. The van der Waals surface area contributed by atoms with E-state index in [2.05, 4.69) is 5.32 Å². The van der Waals surface area contributed by atoms with Crippen LogP contribution in [0.2, 0.25) is 5.02 Å². The fraction of sp³-hybridized carbons (Fsp3) is 0.188. The molecule has 0 aromatic heterocycles. The lowest BCUT2D eigenvalue weighted by Crippen LogP contribution is -2.19. The van der Waals surface area contributed by atoms with E-state index in [1.54, 1.807) is 6.07 Å². The van der Waals surface area contributed by atoms with Gasteiger partial charge in [-0.15, -0.1) is 0 Å². The first-order valence-electron chi connectivity index (χ1n) is 6.50. The third-order valence-corrected chi connectivity index (χ3v) is 3.88. The Bertz CT molecular complexity index is 669. The maximum atomic E-state index is 11.3. The summed E-state index contributed by atoms with van der Waals surface area (Å²) in [4.78, 5) is 11.3. The number of carbonyl (C=O) groups is 1. The smallest absolute Gasteiger partial charge is 0.224 e. The summed E-state index contributed by atoms with van der Waals surface area (Å²) >= 11 is 6.11. The Morgan fingerprint density at radius 1 is 1.15 bits per heavy atom. The summed E-state index contributed by atoms with van der Waals surface area (Å²) in [6.07, 6.45) is 0.426. The molecule has 0 saturated carbocycles. The molecule has 1 amide bonds. The lowest BCUT2D eigenvalue weighted by atomic mass is 9.95. The molecule has 2 aromatic rings. The van der Waals surface area contributed by atoms with Crippen LogP contribution < -0.4 is 5.32 Å². The molecule has 1 heterocycles. The first-order chi connectivity index (χ1) is 9.65. The van der Waals surface area contributed by atoms with E-state index in [0.717, 1.165) is 16.8 Å². The summed E-state index contributed by atoms with van der Waals surface area (Å²) in [6, 6.07) is 12.8. The number of hydrogen-bond donors (Lipinski definition) is 2. The monoisotopic (exact) mass is 287 g/mol. The molecule has 1 aliphatic heterocycles. The van der Waals surface area contributed by atoms with Gasteiger partial charge in [0.05, 0.1) is 0 Å². The lowest BCUT2D eigenvalue weighted by molar-refractivity contribution is -0.116. The summed E-state index contributed by atoms with van der Waals surface area (Å²) in [6.45, 7) is 0. The van der Waals surface area contributed by atoms with Crippen molar-refractivity contribution >= 4 is 23.2 Å². The largest absolute Gasteiger partial charge is 0.384 e. The highest BCUT2D eigenvalue weighted by Crippen LogP contribution is 2.31. The van der Waals surface area contributed by atoms with Gasteiger partial charge >= 0.3 is 0 Å². The van der Waals surface area contributed by atoms with Crippen molar-refractivity contribution in [2.75, 3.05) is 5.32 Å². The minimum absolute atomic E-state index is 0.0388.